The zero-order chi connectivity index (χ0) is 17.1. The molecule has 2 aromatic rings. The molecule has 0 amide bonds. The first-order valence-electron chi connectivity index (χ1n) is 6.26. The fourth-order valence-electron chi connectivity index (χ4n) is 2.23. The Hall–Kier alpha value is -2.97. The van der Waals surface area contributed by atoms with Gasteiger partial charge in [0.05, 0.1) is 14.2 Å². The standard InChI is InChI=1S/C15H11BrN4O3/c1-22-10-4-3-9(16)12(13(10)23-2)11-7(5-17)14(19)20-15(21)8(11)6-18/h3-4H,1-2H3,(H3,19,20,21). The van der Waals surface area contributed by atoms with E-state index in [0.717, 1.165) is 0 Å². The molecule has 0 saturated heterocycles. The highest BCUT2D eigenvalue weighted by Gasteiger charge is 2.25. The van der Waals surface area contributed by atoms with Crippen LogP contribution in [-0.4, -0.2) is 19.2 Å². The number of anilines is 1. The number of hydrogen-bond acceptors (Lipinski definition) is 6. The summed E-state index contributed by atoms with van der Waals surface area (Å²) in [5.74, 6) is 0.542. The molecule has 0 radical (unpaired) electrons. The van der Waals surface area contributed by atoms with Crippen molar-refractivity contribution in [3.63, 3.8) is 0 Å². The van der Waals surface area contributed by atoms with Gasteiger partial charge in [-0.2, -0.15) is 10.5 Å². The van der Waals surface area contributed by atoms with Crippen LogP contribution in [0.5, 0.6) is 11.5 Å². The second-order valence-corrected chi connectivity index (χ2v) is 5.23. The number of nitrogens with zero attached hydrogens (tertiary/aromatic N) is 2. The van der Waals surface area contributed by atoms with E-state index in [4.69, 9.17) is 15.2 Å². The summed E-state index contributed by atoms with van der Waals surface area (Å²) in [5, 5.41) is 18.7. The average molecular weight is 375 g/mol. The Morgan fingerprint density at radius 1 is 1.13 bits per heavy atom. The number of benzene rings is 1. The van der Waals surface area contributed by atoms with Gasteiger partial charge in [0.15, 0.2) is 11.5 Å². The number of aromatic amines is 1. The van der Waals surface area contributed by atoms with E-state index >= 15 is 0 Å². The zero-order valence-electron chi connectivity index (χ0n) is 12.2. The van der Waals surface area contributed by atoms with Gasteiger partial charge in [-0.15, -0.1) is 0 Å². The number of ether oxygens (including phenoxy) is 2. The van der Waals surface area contributed by atoms with Crippen LogP contribution in [0, 0.1) is 22.7 Å². The lowest BCUT2D eigenvalue weighted by molar-refractivity contribution is 0.356. The normalized spacial score (nSPS) is 9.78. The number of methoxy groups -OCH3 is 2. The molecule has 7 nitrogen and oxygen atoms in total. The molecule has 1 aromatic heterocycles. The molecule has 0 fully saturated rings. The van der Waals surface area contributed by atoms with Gasteiger partial charge in [-0.25, -0.2) is 0 Å². The van der Waals surface area contributed by atoms with Crippen LogP contribution in [0.1, 0.15) is 11.1 Å². The highest BCUT2D eigenvalue weighted by atomic mass is 79.9. The maximum Gasteiger partial charge on any atom is 0.268 e. The van der Waals surface area contributed by atoms with E-state index < -0.39 is 5.56 Å². The van der Waals surface area contributed by atoms with Crippen molar-refractivity contribution in [3.05, 3.63) is 38.1 Å². The lowest BCUT2D eigenvalue weighted by Gasteiger charge is -2.16. The number of nitrogen functional groups attached to an aromatic ring is 1. The lowest BCUT2D eigenvalue weighted by atomic mass is 9.95. The maximum atomic E-state index is 12.0. The van der Waals surface area contributed by atoms with Crippen molar-refractivity contribution in [2.45, 2.75) is 0 Å². The molecule has 0 atom stereocenters. The summed E-state index contributed by atoms with van der Waals surface area (Å²) >= 11 is 3.36. The number of hydrogen-bond donors (Lipinski definition) is 2. The van der Waals surface area contributed by atoms with Crippen LogP contribution in [0.15, 0.2) is 21.4 Å². The van der Waals surface area contributed by atoms with Gasteiger partial charge >= 0.3 is 0 Å². The van der Waals surface area contributed by atoms with Gasteiger partial charge in [-0.3, -0.25) is 4.79 Å². The fraction of sp³-hybridized carbons (Fsp3) is 0.133. The number of halogens is 1. The van der Waals surface area contributed by atoms with Gasteiger partial charge in [-0.1, -0.05) is 15.9 Å². The van der Waals surface area contributed by atoms with Crippen LogP contribution in [0.4, 0.5) is 5.82 Å². The molecule has 116 valence electrons. The molecule has 1 aromatic carbocycles. The van der Waals surface area contributed by atoms with E-state index in [9.17, 15) is 15.3 Å². The van der Waals surface area contributed by atoms with Crippen molar-refractivity contribution in [1.82, 2.24) is 4.98 Å². The molecule has 1 heterocycles. The number of nitrogens with two attached hydrogens (primary N) is 1. The SMILES string of the molecule is COc1ccc(Br)c(-c2c(C#N)c(N)[nH]c(=O)c2C#N)c1OC. The summed E-state index contributed by atoms with van der Waals surface area (Å²) in [6.45, 7) is 0. The molecule has 0 aliphatic heterocycles. The lowest BCUT2D eigenvalue weighted by Crippen LogP contribution is -2.16. The molecule has 0 spiro atoms. The smallest absolute Gasteiger partial charge is 0.268 e. The number of H-pyrrole nitrogens is 1. The van der Waals surface area contributed by atoms with E-state index in [0.29, 0.717) is 15.8 Å². The molecule has 0 bridgehead atoms. The molecular formula is C15H11BrN4O3. The monoisotopic (exact) mass is 374 g/mol. The predicted molar refractivity (Wildman–Crippen MR) is 87.1 cm³/mol. The Kier molecular flexibility index (Phi) is 4.58. The quantitative estimate of drug-likeness (QED) is 0.847. The Labute approximate surface area is 140 Å². The van der Waals surface area contributed by atoms with Crippen LogP contribution < -0.4 is 20.8 Å². The van der Waals surface area contributed by atoms with Gasteiger partial charge in [0.1, 0.15) is 29.1 Å². The third-order valence-corrected chi connectivity index (χ3v) is 3.87. The highest BCUT2D eigenvalue weighted by molar-refractivity contribution is 9.10. The number of nitrogens with one attached hydrogen (secondary N) is 1. The molecular weight excluding hydrogens is 364 g/mol. The van der Waals surface area contributed by atoms with Gasteiger partial charge in [-0.05, 0) is 12.1 Å². The topological polar surface area (TPSA) is 125 Å². The molecule has 2 rings (SSSR count). The van der Waals surface area contributed by atoms with Crippen LogP contribution in [0.3, 0.4) is 0 Å². The summed E-state index contributed by atoms with van der Waals surface area (Å²) in [4.78, 5) is 14.3. The van der Waals surface area contributed by atoms with E-state index in [1.165, 1.54) is 14.2 Å². The average Bonchev–Trinajstić information content (AvgIpc) is 2.54. The van der Waals surface area contributed by atoms with Gasteiger partial charge in [0, 0.05) is 15.6 Å². The Morgan fingerprint density at radius 2 is 1.78 bits per heavy atom. The summed E-state index contributed by atoms with van der Waals surface area (Å²) in [7, 11) is 2.88. The second kappa shape index (κ2) is 6.42. The third kappa shape index (κ3) is 2.60. The number of nitriles is 2. The van der Waals surface area contributed by atoms with Crippen LogP contribution in [0.25, 0.3) is 11.1 Å². The highest BCUT2D eigenvalue weighted by Crippen LogP contribution is 2.45. The summed E-state index contributed by atoms with van der Waals surface area (Å²) in [6, 6.07) is 7.05. The van der Waals surface area contributed by atoms with Crippen molar-refractivity contribution in [3.8, 4) is 34.8 Å². The fourth-order valence-corrected chi connectivity index (χ4v) is 2.74. The number of pyridine rings is 1. The summed E-state index contributed by atoms with van der Waals surface area (Å²) in [5.41, 5.74) is 5.23. The van der Waals surface area contributed by atoms with Gasteiger partial charge in [0.2, 0.25) is 0 Å². The second-order valence-electron chi connectivity index (χ2n) is 4.37. The number of aromatic nitrogens is 1. The van der Waals surface area contributed by atoms with Crippen molar-refractivity contribution >= 4 is 21.7 Å². The van der Waals surface area contributed by atoms with Crippen molar-refractivity contribution in [2.75, 3.05) is 20.0 Å². The van der Waals surface area contributed by atoms with E-state index in [2.05, 4.69) is 20.9 Å². The summed E-state index contributed by atoms with van der Waals surface area (Å²) < 4.78 is 11.1. The van der Waals surface area contributed by atoms with Gasteiger partial charge in [0.25, 0.3) is 5.56 Å². The van der Waals surface area contributed by atoms with E-state index in [-0.39, 0.29) is 28.3 Å². The molecule has 0 saturated carbocycles. The molecule has 0 aliphatic rings. The molecule has 3 N–H and O–H groups in total. The van der Waals surface area contributed by atoms with Gasteiger partial charge < -0.3 is 20.2 Å². The zero-order valence-corrected chi connectivity index (χ0v) is 13.8. The molecule has 23 heavy (non-hydrogen) atoms. The number of rotatable bonds is 3. The minimum Gasteiger partial charge on any atom is -0.493 e. The van der Waals surface area contributed by atoms with Crippen LogP contribution in [-0.2, 0) is 0 Å². The Bertz CT molecular complexity index is 922. The van der Waals surface area contributed by atoms with Crippen LogP contribution >= 0.6 is 15.9 Å². The van der Waals surface area contributed by atoms with E-state index in [1.807, 2.05) is 12.1 Å². The van der Waals surface area contributed by atoms with Crippen molar-refractivity contribution < 1.29 is 9.47 Å². The first-order chi connectivity index (χ1) is 11.0. The summed E-state index contributed by atoms with van der Waals surface area (Å²) in [6.07, 6.45) is 0. The minimum absolute atomic E-state index is 0.0200. The Morgan fingerprint density at radius 3 is 2.30 bits per heavy atom. The molecule has 0 aliphatic carbocycles. The first-order valence-corrected chi connectivity index (χ1v) is 7.06. The van der Waals surface area contributed by atoms with E-state index in [1.54, 1.807) is 12.1 Å². The predicted octanol–water partition coefficient (Wildman–Crippen LogP) is 2.15. The first kappa shape index (κ1) is 16.4. The Balaban J connectivity index is 3.08. The van der Waals surface area contributed by atoms with Crippen LogP contribution in [0.2, 0.25) is 0 Å². The van der Waals surface area contributed by atoms with Crippen molar-refractivity contribution in [1.29, 1.82) is 10.5 Å². The minimum atomic E-state index is -0.684. The molecule has 8 heteroatoms. The largest absolute Gasteiger partial charge is 0.493 e. The third-order valence-electron chi connectivity index (χ3n) is 3.21. The maximum absolute atomic E-state index is 12.0. The van der Waals surface area contributed by atoms with Crippen molar-refractivity contribution in [2.24, 2.45) is 0 Å². The molecule has 0 unspecified atom stereocenters.